The molecule has 0 aliphatic carbocycles. The van der Waals surface area contributed by atoms with E-state index < -0.39 is 6.10 Å². The second-order valence-corrected chi connectivity index (χ2v) is 22.4. The van der Waals surface area contributed by atoms with Crippen LogP contribution in [0.1, 0.15) is 335 Å². The van der Waals surface area contributed by atoms with Gasteiger partial charge in [0.2, 0.25) is 0 Å². The van der Waals surface area contributed by atoms with E-state index in [1.807, 2.05) is 0 Å². The van der Waals surface area contributed by atoms with Crippen LogP contribution in [0.25, 0.3) is 0 Å². The van der Waals surface area contributed by atoms with Crippen LogP contribution in [0.2, 0.25) is 0 Å². The molecule has 0 N–H and O–H groups in total. The van der Waals surface area contributed by atoms with Gasteiger partial charge in [-0.1, -0.05) is 324 Å². The van der Waals surface area contributed by atoms with Gasteiger partial charge in [0, 0.05) is 19.3 Å². The Kier molecular flexibility index (Phi) is 63.2. The summed E-state index contributed by atoms with van der Waals surface area (Å²) in [7, 11) is 0. The van der Waals surface area contributed by atoms with Crippen molar-refractivity contribution in [2.75, 3.05) is 13.2 Å². The first kappa shape index (κ1) is 74.6. The average molecular weight is 1090 g/mol. The van der Waals surface area contributed by atoms with Gasteiger partial charge in [-0.05, 0) is 77.0 Å². The van der Waals surface area contributed by atoms with Crippen LogP contribution in [0.3, 0.4) is 0 Å². The topological polar surface area (TPSA) is 78.9 Å². The summed E-state index contributed by atoms with van der Waals surface area (Å²) < 4.78 is 16.8. The first-order valence-corrected chi connectivity index (χ1v) is 33.6. The summed E-state index contributed by atoms with van der Waals surface area (Å²) in [5, 5.41) is 0. The molecule has 0 aromatic carbocycles. The Balaban J connectivity index is 4.09. The van der Waals surface area contributed by atoms with Crippen LogP contribution in [-0.4, -0.2) is 37.2 Å². The number of allylic oxidation sites excluding steroid dienone is 14. The van der Waals surface area contributed by atoms with Crippen LogP contribution >= 0.6 is 0 Å². The Hall–Kier alpha value is -3.41. The molecule has 0 aromatic heterocycles. The van der Waals surface area contributed by atoms with E-state index in [2.05, 4.69) is 106 Å². The lowest BCUT2D eigenvalue weighted by Crippen LogP contribution is -2.30. The number of carbonyl (C=O) groups is 3. The summed E-state index contributed by atoms with van der Waals surface area (Å²) >= 11 is 0. The zero-order valence-electron chi connectivity index (χ0n) is 51.7. The van der Waals surface area contributed by atoms with Crippen LogP contribution < -0.4 is 0 Å². The third-order valence-electron chi connectivity index (χ3n) is 14.7. The van der Waals surface area contributed by atoms with Gasteiger partial charge in [0.15, 0.2) is 6.10 Å². The van der Waals surface area contributed by atoms with E-state index >= 15 is 0 Å². The molecule has 0 amide bonds. The second-order valence-electron chi connectivity index (χ2n) is 22.4. The largest absolute Gasteiger partial charge is 0.462 e. The van der Waals surface area contributed by atoms with E-state index in [1.165, 1.54) is 186 Å². The molecule has 0 heterocycles. The summed E-state index contributed by atoms with van der Waals surface area (Å²) in [5.41, 5.74) is 0. The van der Waals surface area contributed by atoms with Gasteiger partial charge in [-0.2, -0.15) is 0 Å². The second kappa shape index (κ2) is 66.1. The number of hydrogen-bond acceptors (Lipinski definition) is 6. The van der Waals surface area contributed by atoms with Gasteiger partial charge in [-0.25, -0.2) is 0 Å². The maximum atomic E-state index is 12.8. The van der Waals surface area contributed by atoms with E-state index in [-0.39, 0.29) is 37.5 Å². The Morgan fingerprint density at radius 3 is 0.782 bits per heavy atom. The molecule has 0 aliphatic rings. The van der Waals surface area contributed by atoms with Crippen molar-refractivity contribution in [3.8, 4) is 0 Å². The minimum absolute atomic E-state index is 0.0873. The third kappa shape index (κ3) is 63.4. The van der Waals surface area contributed by atoms with E-state index in [1.54, 1.807) is 0 Å². The zero-order valence-corrected chi connectivity index (χ0v) is 51.7. The molecule has 6 nitrogen and oxygen atoms in total. The Bertz CT molecular complexity index is 1480. The van der Waals surface area contributed by atoms with Crippen LogP contribution in [-0.2, 0) is 28.6 Å². The number of hydrogen-bond donors (Lipinski definition) is 0. The van der Waals surface area contributed by atoms with Crippen LogP contribution in [0.15, 0.2) is 85.1 Å². The normalized spacial score (nSPS) is 12.6. The Morgan fingerprint density at radius 1 is 0.269 bits per heavy atom. The molecule has 0 spiro atoms. The molecule has 78 heavy (non-hydrogen) atoms. The number of esters is 3. The highest BCUT2D eigenvalue weighted by Gasteiger charge is 2.19. The van der Waals surface area contributed by atoms with Crippen LogP contribution in [0, 0.1) is 0 Å². The predicted molar refractivity (Wildman–Crippen MR) is 339 cm³/mol. The fourth-order valence-electron chi connectivity index (χ4n) is 9.66. The molecule has 1 atom stereocenters. The van der Waals surface area contributed by atoms with E-state index in [9.17, 15) is 14.4 Å². The molecule has 0 aliphatic heterocycles. The monoisotopic (exact) mass is 1090 g/mol. The van der Waals surface area contributed by atoms with Crippen molar-refractivity contribution in [1.29, 1.82) is 0 Å². The summed E-state index contributed by atoms with van der Waals surface area (Å²) in [6, 6.07) is 0. The SMILES string of the molecule is CC/C=C\C/C=C\C/C=C\C/C=C\C/C=C\C/C=C\C/C=C\CCCCCC(=O)OC(COC(=O)CCCCCCCC)COC(=O)CCCCCCCCCCCCCCCCCCCCCCCCCCCCCCC. The first-order chi connectivity index (χ1) is 38.5. The standard InChI is InChI=1S/C72H126O6/c1-4-7-10-13-16-18-20-22-24-26-28-30-32-34-35-36-37-39-40-42-44-46-48-50-52-54-56-59-62-65-71(74)77-68-69(67-76-70(73)64-61-58-15-12-9-6-3)78-72(75)66-63-60-57-55-53-51-49-47-45-43-41-38-33-31-29-27-25-23-21-19-17-14-11-8-5-2/h8,11,17,19,23,25,29,31,38,41,45,47,51,53,69H,4-7,9-10,12-16,18,20-22,24,26-28,30,32-37,39-40,42-44,46,48-50,52,54-68H2,1-3H3/b11-8-,19-17-,25-23-,31-29-,41-38-,47-45-,53-51-. The molecule has 0 fully saturated rings. The van der Waals surface area contributed by atoms with Gasteiger partial charge in [0.1, 0.15) is 13.2 Å². The zero-order chi connectivity index (χ0) is 56.4. The van der Waals surface area contributed by atoms with Crippen molar-refractivity contribution >= 4 is 17.9 Å². The van der Waals surface area contributed by atoms with E-state index in [4.69, 9.17) is 14.2 Å². The summed E-state index contributed by atoms with van der Waals surface area (Å²) in [6.07, 6.45) is 87.9. The average Bonchev–Trinajstić information content (AvgIpc) is 3.44. The van der Waals surface area contributed by atoms with E-state index in [0.717, 1.165) is 109 Å². The highest BCUT2D eigenvalue weighted by Crippen LogP contribution is 2.18. The predicted octanol–water partition coefficient (Wildman–Crippen LogP) is 23.1. The molecule has 0 rings (SSSR count). The van der Waals surface area contributed by atoms with Gasteiger partial charge in [-0.15, -0.1) is 0 Å². The number of unbranched alkanes of at least 4 members (excludes halogenated alkanes) is 36. The highest BCUT2D eigenvalue weighted by atomic mass is 16.6. The van der Waals surface area contributed by atoms with Gasteiger partial charge in [0.25, 0.3) is 0 Å². The Labute approximate surface area is 484 Å². The smallest absolute Gasteiger partial charge is 0.306 e. The quantitative estimate of drug-likeness (QED) is 0.0261. The molecule has 6 heteroatoms. The lowest BCUT2D eigenvalue weighted by molar-refractivity contribution is -0.167. The highest BCUT2D eigenvalue weighted by molar-refractivity contribution is 5.71. The molecule has 1 unspecified atom stereocenters. The fourth-order valence-corrected chi connectivity index (χ4v) is 9.66. The maximum Gasteiger partial charge on any atom is 0.306 e. The van der Waals surface area contributed by atoms with Crippen molar-refractivity contribution < 1.29 is 28.6 Å². The lowest BCUT2D eigenvalue weighted by Gasteiger charge is -2.18. The van der Waals surface area contributed by atoms with Gasteiger partial charge in [0.05, 0.1) is 0 Å². The molecule has 0 bridgehead atoms. The van der Waals surface area contributed by atoms with Crippen molar-refractivity contribution in [3.05, 3.63) is 85.1 Å². The number of ether oxygens (including phenoxy) is 3. The molecule has 0 aromatic rings. The summed E-state index contributed by atoms with van der Waals surface area (Å²) in [4.78, 5) is 38.0. The third-order valence-corrected chi connectivity index (χ3v) is 14.7. The minimum atomic E-state index is -0.791. The Morgan fingerprint density at radius 2 is 0.500 bits per heavy atom. The fraction of sp³-hybridized carbons (Fsp3) is 0.764. The summed E-state index contributed by atoms with van der Waals surface area (Å²) in [6.45, 7) is 6.48. The molecular formula is C72H126O6. The van der Waals surface area contributed by atoms with Crippen molar-refractivity contribution in [3.63, 3.8) is 0 Å². The number of rotatable bonds is 61. The number of carbonyl (C=O) groups excluding carboxylic acids is 3. The lowest BCUT2D eigenvalue weighted by atomic mass is 10.0. The molecule has 0 radical (unpaired) electrons. The molecule has 0 saturated heterocycles. The maximum absolute atomic E-state index is 12.8. The van der Waals surface area contributed by atoms with Gasteiger partial charge < -0.3 is 14.2 Å². The van der Waals surface area contributed by atoms with Crippen molar-refractivity contribution in [2.45, 2.75) is 341 Å². The van der Waals surface area contributed by atoms with Gasteiger partial charge in [-0.3, -0.25) is 14.4 Å². The van der Waals surface area contributed by atoms with Gasteiger partial charge >= 0.3 is 17.9 Å². The van der Waals surface area contributed by atoms with E-state index in [0.29, 0.717) is 12.8 Å². The molecule has 0 saturated carbocycles. The van der Waals surface area contributed by atoms with Crippen molar-refractivity contribution in [2.24, 2.45) is 0 Å². The summed E-state index contributed by atoms with van der Waals surface area (Å²) in [5.74, 6) is -0.918. The first-order valence-electron chi connectivity index (χ1n) is 33.6. The molecular weight excluding hydrogens is 961 g/mol. The van der Waals surface area contributed by atoms with Crippen LogP contribution in [0.5, 0.6) is 0 Å². The molecule has 450 valence electrons. The minimum Gasteiger partial charge on any atom is -0.462 e. The van der Waals surface area contributed by atoms with Crippen molar-refractivity contribution in [1.82, 2.24) is 0 Å². The van der Waals surface area contributed by atoms with Crippen LogP contribution in [0.4, 0.5) is 0 Å².